The first-order valence-corrected chi connectivity index (χ1v) is 7.39. The molecule has 0 aromatic carbocycles. The van der Waals surface area contributed by atoms with E-state index < -0.39 is 5.54 Å². The Morgan fingerprint density at radius 3 is 2.76 bits per heavy atom. The van der Waals surface area contributed by atoms with E-state index in [1.54, 1.807) is 0 Å². The van der Waals surface area contributed by atoms with Crippen LogP contribution in [0.1, 0.15) is 24.0 Å². The number of hydrogen-bond acceptors (Lipinski definition) is 6. The Kier molecular flexibility index (Phi) is 3.69. The molecule has 0 spiro atoms. The normalized spacial score (nSPS) is 26.3. The Morgan fingerprint density at radius 1 is 1.33 bits per heavy atom. The van der Waals surface area contributed by atoms with Crippen molar-refractivity contribution in [3.8, 4) is 0 Å². The van der Waals surface area contributed by atoms with E-state index in [-0.39, 0.29) is 0 Å². The Hall–Kier alpha value is -1.50. The van der Waals surface area contributed by atoms with Crippen molar-refractivity contribution >= 4 is 11.9 Å². The summed E-state index contributed by atoms with van der Waals surface area (Å²) in [7, 11) is 0. The number of nitrogens with two attached hydrogens (primary N) is 2. The van der Waals surface area contributed by atoms with Crippen molar-refractivity contribution in [2.24, 2.45) is 5.73 Å². The van der Waals surface area contributed by atoms with Crippen molar-refractivity contribution in [2.75, 3.05) is 38.6 Å². The maximum Gasteiger partial charge on any atom is 0.130 e. The van der Waals surface area contributed by atoms with Crippen molar-refractivity contribution in [1.82, 2.24) is 14.9 Å². The van der Waals surface area contributed by atoms with Gasteiger partial charge in [-0.3, -0.25) is 4.90 Å². The Balaban J connectivity index is 1.92. The van der Waals surface area contributed by atoms with Crippen LogP contribution in [-0.4, -0.2) is 53.3 Å². The van der Waals surface area contributed by atoms with Crippen molar-refractivity contribution in [3.63, 3.8) is 0 Å². The SMILES string of the molecule is Cc1nc(N)c2c(n1)C=C(CN1CCOCC1)C(C)(N)C2. The second-order valence-electron chi connectivity index (χ2n) is 6.17. The second kappa shape index (κ2) is 5.36. The largest absolute Gasteiger partial charge is 0.383 e. The zero-order valence-electron chi connectivity index (χ0n) is 12.7. The van der Waals surface area contributed by atoms with Crippen LogP contribution in [0.25, 0.3) is 6.08 Å². The highest BCUT2D eigenvalue weighted by atomic mass is 16.5. The summed E-state index contributed by atoms with van der Waals surface area (Å²) >= 11 is 0. The van der Waals surface area contributed by atoms with Crippen molar-refractivity contribution < 1.29 is 4.74 Å². The predicted molar refractivity (Wildman–Crippen MR) is 82.7 cm³/mol. The molecule has 0 saturated carbocycles. The molecule has 1 fully saturated rings. The van der Waals surface area contributed by atoms with Gasteiger partial charge in [0.25, 0.3) is 0 Å². The monoisotopic (exact) mass is 289 g/mol. The molecule has 6 nitrogen and oxygen atoms in total. The molecule has 2 aliphatic rings. The first kappa shape index (κ1) is 14.4. The average Bonchev–Trinajstić information content (AvgIpc) is 2.42. The minimum absolute atomic E-state index is 0.405. The third-order valence-electron chi connectivity index (χ3n) is 4.27. The fourth-order valence-electron chi connectivity index (χ4n) is 2.98. The molecule has 1 aliphatic heterocycles. The van der Waals surface area contributed by atoms with Gasteiger partial charge in [0.15, 0.2) is 0 Å². The highest BCUT2D eigenvalue weighted by Crippen LogP contribution is 2.32. The summed E-state index contributed by atoms with van der Waals surface area (Å²) in [5.41, 5.74) is 15.2. The van der Waals surface area contributed by atoms with Gasteiger partial charge in [0.1, 0.15) is 11.6 Å². The van der Waals surface area contributed by atoms with Gasteiger partial charge in [-0.15, -0.1) is 0 Å². The average molecular weight is 289 g/mol. The highest BCUT2D eigenvalue weighted by molar-refractivity contribution is 5.65. The molecular weight excluding hydrogens is 266 g/mol. The molecule has 0 amide bonds. The van der Waals surface area contributed by atoms with Gasteiger partial charge in [0.05, 0.1) is 18.9 Å². The van der Waals surface area contributed by atoms with Crippen LogP contribution in [-0.2, 0) is 11.2 Å². The molecule has 1 atom stereocenters. The van der Waals surface area contributed by atoms with Gasteiger partial charge in [-0.1, -0.05) is 0 Å². The van der Waals surface area contributed by atoms with Gasteiger partial charge in [-0.25, -0.2) is 9.97 Å². The number of morpholine rings is 1. The quantitative estimate of drug-likeness (QED) is 0.817. The fourth-order valence-corrected chi connectivity index (χ4v) is 2.98. The van der Waals surface area contributed by atoms with Crippen LogP contribution in [0.5, 0.6) is 0 Å². The molecule has 1 aromatic rings. The molecule has 1 unspecified atom stereocenters. The van der Waals surface area contributed by atoms with Crippen molar-refractivity contribution in [1.29, 1.82) is 0 Å². The summed E-state index contributed by atoms with van der Waals surface area (Å²) in [6, 6.07) is 0. The summed E-state index contributed by atoms with van der Waals surface area (Å²) in [6.45, 7) is 8.26. The molecule has 3 rings (SSSR count). The second-order valence-corrected chi connectivity index (χ2v) is 6.17. The van der Waals surface area contributed by atoms with Crippen LogP contribution in [0.3, 0.4) is 0 Å². The fraction of sp³-hybridized carbons (Fsp3) is 0.600. The lowest BCUT2D eigenvalue weighted by atomic mass is 9.80. The Morgan fingerprint density at radius 2 is 2.05 bits per heavy atom. The third kappa shape index (κ3) is 2.92. The summed E-state index contributed by atoms with van der Waals surface area (Å²) in [6.07, 6.45) is 2.78. The van der Waals surface area contributed by atoms with E-state index in [1.165, 1.54) is 5.57 Å². The molecule has 2 heterocycles. The molecular formula is C15H23N5O. The number of rotatable bonds is 2. The van der Waals surface area contributed by atoms with E-state index in [0.29, 0.717) is 18.1 Å². The standard InChI is InChI=1S/C15H23N5O/c1-10-18-13-7-11(9-20-3-5-21-6-4-20)15(2,17)8-12(13)14(16)19-10/h7H,3-6,8-9,17H2,1-2H3,(H2,16,18,19). The molecule has 0 bridgehead atoms. The lowest BCUT2D eigenvalue weighted by Gasteiger charge is -2.37. The molecule has 1 aromatic heterocycles. The number of nitrogens with zero attached hydrogens (tertiary/aromatic N) is 3. The lowest BCUT2D eigenvalue weighted by Crippen LogP contribution is -2.48. The van der Waals surface area contributed by atoms with Crippen LogP contribution in [0, 0.1) is 6.92 Å². The first-order chi connectivity index (χ1) is 9.95. The molecule has 1 saturated heterocycles. The predicted octanol–water partition coefficient (Wildman–Crippen LogP) is 0.356. The topological polar surface area (TPSA) is 90.3 Å². The Labute approximate surface area is 125 Å². The van der Waals surface area contributed by atoms with Crippen molar-refractivity contribution in [3.05, 3.63) is 22.7 Å². The number of ether oxygens (including phenoxy) is 1. The van der Waals surface area contributed by atoms with Gasteiger partial charge < -0.3 is 16.2 Å². The molecule has 6 heteroatoms. The summed E-state index contributed by atoms with van der Waals surface area (Å²) < 4.78 is 5.40. The van der Waals surface area contributed by atoms with Gasteiger partial charge in [-0.2, -0.15) is 0 Å². The molecule has 4 N–H and O–H groups in total. The van der Waals surface area contributed by atoms with Gasteiger partial charge in [-0.05, 0) is 31.9 Å². The van der Waals surface area contributed by atoms with Gasteiger partial charge >= 0.3 is 0 Å². The van der Waals surface area contributed by atoms with Crippen LogP contribution in [0.2, 0.25) is 0 Å². The number of anilines is 1. The van der Waals surface area contributed by atoms with Crippen LogP contribution in [0.15, 0.2) is 5.57 Å². The number of fused-ring (bicyclic) bond motifs is 1. The molecule has 114 valence electrons. The van der Waals surface area contributed by atoms with E-state index in [2.05, 4.69) is 27.9 Å². The summed E-state index contributed by atoms with van der Waals surface area (Å²) in [4.78, 5) is 11.1. The minimum Gasteiger partial charge on any atom is -0.383 e. The molecule has 0 radical (unpaired) electrons. The van der Waals surface area contributed by atoms with E-state index in [1.807, 2.05) is 6.92 Å². The van der Waals surface area contributed by atoms with Crippen molar-refractivity contribution in [2.45, 2.75) is 25.8 Å². The summed E-state index contributed by atoms with van der Waals surface area (Å²) in [5.74, 6) is 1.25. The first-order valence-electron chi connectivity index (χ1n) is 7.39. The van der Waals surface area contributed by atoms with Crippen LogP contribution in [0.4, 0.5) is 5.82 Å². The molecule has 1 aliphatic carbocycles. The smallest absolute Gasteiger partial charge is 0.130 e. The number of hydrogen-bond donors (Lipinski definition) is 2. The van der Waals surface area contributed by atoms with E-state index >= 15 is 0 Å². The lowest BCUT2D eigenvalue weighted by molar-refractivity contribution is 0.0411. The maximum atomic E-state index is 6.52. The van der Waals surface area contributed by atoms with Gasteiger partial charge in [0, 0.05) is 30.7 Å². The summed E-state index contributed by atoms with van der Waals surface area (Å²) in [5, 5.41) is 0. The van der Waals surface area contributed by atoms with E-state index in [4.69, 9.17) is 16.2 Å². The zero-order valence-corrected chi connectivity index (χ0v) is 12.7. The minimum atomic E-state index is -0.405. The van der Waals surface area contributed by atoms with E-state index in [9.17, 15) is 0 Å². The zero-order chi connectivity index (χ0) is 15.0. The number of aryl methyl sites for hydroxylation is 1. The third-order valence-corrected chi connectivity index (χ3v) is 4.27. The van der Waals surface area contributed by atoms with Gasteiger partial charge in [0.2, 0.25) is 0 Å². The Bertz CT molecular complexity index is 576. The molecule has 21 heavy (non-hydrogen) atoms. The number of nitrogen functional groups attached to an aromatic ring is 1. The highest BCUT2D eigenvalue weighted by Gasteiger charge is 2.32. The van der Waals surface area contributed by atoms with E-state index in [0.717, 1.165) is 44.1 Å². The maximum absolute atomic E-state index is 6.52. The van der Waals surface area contributed by atoms with Crippen LogP contribution >= 0.6 is 0 Å². The number of aromatic nitrogens is 2. The van der Waals surface area contributed by atoms with Crippen LogP contribution < -0.4 is 11.5 Å².